The minimum absolute atomic E-state index is 0.0973. The van der Waals surface area contributed by atoms with Crippen molar-refractivity contribution in [1.82, 2.24) is 4.98 Å². The van der Waals surface area contributed by atoms with E-state index in [-0.39, 0.29) is 5.91 Å². The predicted octanol–water partition coefficient (Wildman–Crippen LogP) is 3.24. The highest BCUT2D eigenvalue weighted by atomic mass is 79.9. The van der Waals surface area contributed by atoms with Crippen LogP contribution in [0.25, 0.3) is 10.2 Å². The summed E-state index contributed by atoms with van der Waals surface area (Å²) < 4.78 is 5.85. The zero-order valence-electron chi connectivity index (χ0n) is 12.6. The lowest BCUT2D eigenvalue weighted by Gasteiger charge is -2.28. The van der Waals surface area contributed by atoms with Gasteiger partial charge in [-0.25, -0.2) is 4.98 Å². The van der Waals surface area contributed by atoms with Crippen LogP contribution < -0.4 is 10.2 Å². The van der Waals surface area contributed by atoms with Gasteiger partial charge in [0.2, 0.25) is 5.91 Å². The van der Waals surface area contributed by atoms with Crippen molar-refractivity contribution in [2.24, 2.45) is 0 Å². The van der Waals surface area contributed by atoms with Crippen molar-refractivity contribution in [1.29, 1.82) is 0 Å². The zero-order valence-corrected chi connectivity index (χ0v) is 15.0. The lowest BCUT2D eigenvalue weighted by molar-refractivity contribution is -0.117. The predicted molar refractivity (Wildman–Crippen MR) is 94.3 cm³/mol. The number of aromatic nitrogens is 1. The van der Waals surface area contributed by atoms with Crippen molar-refractivity contribution in [3.05, 3.63) is 18.2 Å². The first-order chi connectivity index (χ1) is 10.4. The Bertz CT molecular complexity index is 690. The SMILES string of the molecule is CC(C)(Br)C(=O)Nc1nc2ccc(N3CCOCC3)cc2s1. The lowest BCUT2D eigenvalue weighted by atomic mass is 10.2. The fourth-order valence-electron chi connectivity index (χ4n) is 2.23. The molecular formula is C15H18BrN3O2S. The second-order valence-corrected chi connectivity index (χ2v) is 8.71. The second-order valence-electron chi connectivity index (χ2n) is 5.70. The quantitative estimate of drug-likeness (QED) is 0.826. The van der Waals surface area contributed by atoms with E-state index in [1.54, 1.807) is 0 Å². The van der Waals surface area contributed by atoms with Crippen LogP contribution in [0.3, 0.4) is 0 Å². The van der Waals surface area contributed by atoms with Crippen molar-refractivity contribution in [2.45, 2.75) is 18.2 Å². The summed E-state index contributed by atoms with van der Waals surface area (Å²) in [5.74, 6) is -0.0973. The molecule has 0 bridgehead atoms. The van der Waals surface area contributed by atoms with Gasteiger partial charge in [0.25, 0.3) is 0 Å². The first-order valence-electron chi connectivity index (χ1n) is 7.17. The molecule has 1 fully saturated rings. The first-order valence-corrected chi connectivity index (χ1v) is 8.78. The number of alkyl halides is 1. The molecule has 118 valence electrons. The smallest absolute Gasteiger partial charge is 0.242 e. The molecule has 1 aromatic heterocycles. The fraction of sp³-hybridized carbons (Fsp3) is 0.467. The molecule has 1 aliphatic rings. The van der Waals surface area contributed by atoms with Crippen LogP contribution in [0.4, 0.5) is 10.8 Å². The summed E-state index contributed by atoms with van der Waals surface area (Å²) in [7, 11) is 0. The molecule has 3 rings (SSSR count). The third kappa shape index (κ3) is 3.42. The molecular weight excluding hydrogens is 366 g/mol. The third-order valence-electron chi connectivity index (χ3n) is 3.51. The summed E-state index contributed by atoms with van der Waals surface area (Å²) >= 11 is 4.85. The summed E-state index contributed by atoms with van der Waals surface area (Å²) in [6, 6.07) is 6.21. The standard InChI is InChI=1S/C15H18BrN3O2S/c1-15(2,16)13(20)18-14-17-11-4-3-10(9-12(11)22-14)19-5-7-21-8-6-19/h3-4,9H,5-8H2,1-2H3,(H,17,18,20). The van der Waals surface area contributed by atoms with Crippen LogP contribution in [0.15, 0.2) is 18.2 Å². The Morgan fingerprint density at radius 1 is 1.41 bits per heavy atom. The van der Waals surface area contributed by atoms with Gasteiger partial charge in [0.05, 0.1) is 27.8 Å². The minimum atomic E-state index is -0.607. The summed E-state index contributed by atoms with van der Waals surface area (Å²) in [5, 5.41) is 3.49. The van der Waals surface area contributed by atoms with Gasteiger partial charge in [0, 0.05) is 18.8 Å². The fourth-order valence-corrected chi connectivity index (χ4v) is 3.22. The van der Waals surface area contributed by atoms with Gasteiger partial charge in [0.1, 0.15) is 0 Å². The Kier molecular flexibility index (Phi) is 4.38. The van der Waals surface area contributed by atoms with Gasteiger partial charge in [-0.15, -0.1) is 0 Å². The van der Waals surface area contributed by atoms with Gasteiger partial charge in [0.15, 0.2) is 5.13 Å². The maximum Gasteiger partial charge on any atom is 0.242 e. The molecule has 0 aliphatic carbocycles. The molecule has 1 N–H and O–H groups in total. The summed E-state index contributed by atoms with van der Waals surface area (Å²) in [4.78, 5) is 18.8. The van der Waals surface area contributed by atoms with E-state index in [1.807, 2.05) is 19.9 Å². The van der Waals surface area contributed by atoms with Crippen molar-refractivity contribution >= 4 is 54.2 Å². The number of hydrogen-bond donors (Lipinski definition) is 1. The van der Waals surface area contributed by atoms with Crippen molar-refractivity contribution in [3.63, 3.8) is 0 Å². The average molecular weight is 384 g/mol. The molecule has 2 aromatic rings. The number of morpholine rings is 1. The first kappa shape index (κ1) is 15.7. The topological polar surface area (TPSA) is 54.5 Å². The number of nitrogens with zero attached hydrogens (tertiary/aromatic N) is 2. The van der Waals surface area contributed by atoms with Crippen LogP contribution in [-0.4, -0.2) is 41.5 Å². The van der Waals surface area contributed by atoms with E-state index in [4.69, 9.17) is 4.74 Å². The Morgan fingerprint density at radius 3 is 2.82 bits per heavy atom. The minimum Gasteiger partial charge on any atom is -0.378 e. The summed E-state index contributed by atoms with van der Waals surface area (Å²) in [6.07, 6.45) is 0. The monoisotopic (exact) mass is 383 g/mol. The Labute approximate surface area is 141 Å². The number of anilines is 2. The van der Waals surface area contributed by atoms with Crippen molar-refractivity contribution in [2.75, 3.05) is 36.5 Å². The van der Waals surface area contributed by atoms with Crippen LogP contribution in [0, 0.1) is 0 Å². The van der Waals surface area contributed by atoms with E-state index >= 15 is 0 Å². The van der Waals surface area contributed by atoms with E-state index in [0.29, 0.717) is 5.13 Å². The number of amides is 1. The Morgan fingerprint density at radius 2 is 2.14 bits per heavy atom. The average Bonchev–Trinajstić information content (AvgIpc) is 2.88. The normalized spacial score (nSPS) is 16.0. The molecule has 0 unspecified atom stereocenters. The van der Waals surface area contributed by atoms with Crippen LogP contribution in [0.2, 0.25) is 0 Å². The highest BCUT2D eigenvalue weighted by molar-refractivity contribution is 9.10. The maximum absolute atomic E-state index is 12.0. The molecule has 0 radical (unpaired) electrons. The number of thiazole rings is 1. The number of rotatable bonds is 3. The van der Waals surface area contributed by atoms with E-state index < -0.39 is 4.32 Å². The van der Waals surface area contributed by atoms with Crippen molar-refractivity contribution < 1.29 is 9.53 Å². The zero-order chi connectivity index (χ0) is 15.7. The van der Waals surface area contributed by atoms with Gasteiger partial charge in [-0.05, 0) is 32.0 Å². The van der Waals surface area contributed by atoms with Gasteiger partial charge in [-0.3, -0.25) is 4.79 Å². The van der Waals surface area contributed by atoms with Crippen LogP contribution >= 0.6 is 27.3 Å². The van der Waals surface area contributed by atoms with Gasteiger partial charge >= 0.3 is 0 Å². The number of benzene rings is 1. The molecule has 5 nitrogen and oxygen atoms in total. The van der Waals surface area contributed by atoms with E-state index in [9.17, 15) is 4.79 Å². The molecule has 22 heavy (non-hydrogen) atoms. The van der Waals surface area contributed by atoms with Gasteiger partial charge < -0.3 is 15.0 Å². The number of carbonyl (C=O) groups excluding carboxylic acids is 1. The lowest BCUT2D eigenvalue weighted by Crippen LogP contribution is -2.36. The highest BCUT2D eigenvalue weighted by Crippen LogP contribution is 2.31. The van der Waals surface area contributed by atoms with Gasteiger partial charge in [-0.1, -0.05) is 27.3 Å². The number of nitrogens with one attached hydrogen (secondary N) is 1. The summed E-state index contributed by atoms with van der Waals surface area (Å²) in [5.41, 5.74) is 2.09. The molecule has 2 heterocycles. The molecule has 0 atom stereocenters. The molecule has 1 saturated heterocycles. The number of ether oxygens (including phenoxy) is 1. The number of halogens is 1. The molecule has 1 aromatic carbocycles. The van der Waals surface area contributed by atoms with Gasteiger partial charge in [-0.2, -0.15) is 0 Å². The Balaban J connectivity index is 1.82. The molecule has 1 aliphatic heterocycles. The molecule has 0 spiro atoms. The Hall–Kier alpha value is -1.18. The van der Waals surface area contributed by atoms with E-state index in [1.165, 1.54) is 17.0 Å². The van der Waals surface area contributed by atoms with Crippen LogP contribution in [0.5, 0.6) is 0 Å². The molecule has 0 saturated carbocycles. The third-order valence-corrected chi connectivity index (χ3v) is 4.80. The second kappa shape index (κ2) is 6.14. The molecule has 7 heteroatoms. The highest BCUT2D eigenvalue weighted by Gasteiger charge is 2.24. The number of fused-ring (bicyclic) bond motifs is 1. The van der Waals surface area contributed by atoms with E-state index in [0.717, 1.165) is 36.5 Å². The molecule has 1 amide bonds. The largest absolute Gasteiger partial charge is 0.378 e. The van der Waals surface area contributed by atoms with E-state index in [2.05, 4.69) is 43.3 Å². The number of carbonyl (C=O) groups is 1. The van der Waals surface area contributed by atoms with Crippen LogP contribution in [-0.2, 0) is 9.53 Å². The summed E-state index contributed by atoms with van der Waals surface area (Å²) in [6.45, 7) is 6.97. The van der Waals surface area contributed by atoms with Crippen LogP contribution in [0.1, 0.15) is 13.8 Å². The maximum atomic E-state index is 12.0. The number of hydrogen-bond acceptors (Lipinski definition) is 5. The van der Waals surface area contributed by atoms with Crippen molar-refractivity contribution in [3.8, 4) is 0 Å².